The Balaban J connectivity index is 1.11. The number of piperidine rings is 1. The summed E-state index contributed by atoms with van der Waals surface area (Å²) in [5, 5.41) is 12.7. The van der Waals surface area contributed by atoms with Gasteiger partial charge in [0.25, 0.3) is 0 Å². The third-order valence-corrected chi connectivity index (χ3v) is 9.16. The van der Waals surface area contributed by atoms with Crippen LogP contribution >= 0.6 is 0 Å². The average molecular weight is 644 g/mol. The molecule has 4 aromatic rings. The minimum atomic E-state index is -0.621. The van der Waals surface area contributed by atoms with E-state index in [1.165, 1.54) is 12.3 Å². The second-order valence-corrected chi connectivity index (χ2v) is 12.3. The monoisotopic (exact) mass is 643 g/mol. The summed E-state index contributed by atoms with van der Waals surface area (Å²) in [6, 6.07) is 11.6. The van der Waals surface area contributed by atoms with Gasteiger partial charge >= 0.3 is 6.03 Å². The second kappa shape index (κ2) is 13.3. The Morgan fingerprint density at radius 1 is 1.11 bits per heavy atom. The minimum Gasteiger partial charge on any atom is -0.383 e. The molecule has 2 atom stereocenters. The van der Waals surface area contributed by atoms with Crippen LogP contribution in [0.1, 0.15) is 30.1 Å². The number of hydroxylamine groups is 2. The van der Waals surface area contributed by atoms with Crippen molar-refractivity contribution in [3.8, 4) is 16.9 Å². The van der Waals surface area contributed by atoms with Crippen molar-refractivity contribution in [2.45, 2.75) is 31.9 Å². The molecule has 13 nitrogen and oxygen atoms in total. The van der Waals surface area contributed by atoms with Crippen molar-refractivity contribution in [2.75, 3.05) is 63.3 Å². The van der Waals surface area contributed by atoms with Gasteiger partial charge in [0.1, 0.15) is 17.6 Å². The van der Waals surface area contributed by atoms with E-state index in [0.717, 1.165) is 56.0 Å². The molecule has 0 unspecified atom stereocenters. The van der Waals surface area contributed by atoms with Gasteiger partial charge in [-0.15, -0.1) is 0 Å². The normalized spacial score (nSPS) is 20.7. The molecule has 47 heavy (non-hydrogen) atoms. The maximum absolute atomic E-state index is 14.0. The Hall–Kier alpha value is -4.50. The van der Waals surface area contributed by atoms with E-state index < -0.39 is 24.1 Å². The molecular weight excluding hydrogens is 605 g/mol. The Morgan fingerprint density at radius 3 is 2.55 bits per heavy atom. The van der Waals surface area contributed by atoms with Gasteiger partial charge in [0, 0.05) is 68.4 Å². The van der Waals surface area contributed by atoms with Crippen molar-refractivity contribution >= 4 is 17.8 Å². The highest BCUT2D eigenvalue weighted by Crippen LogP contribution is 2.39. The Morgan fingerprint density at radius 2 is 1.87 bits per heavy atom. The van der Waals surface area contributed by atoms with E-state index in [-0.39, 0.29) is 0 Å². The first-order valence-corrected chi connectivity index (χ1v) is 15.8. The van der Waals surface area contributed by atoms with E-state index in [9.17, 15) is 9.18 Å². The number of benzene rings is 1. The number of carbonyl (C=O) groups excluding carboxylic acids is 1. The number of methoxy groups -OCH3 is 1. The molecule has 6 heterocycles. The first-order chi connectivity index (χ1) is 22.9. The number of nitrogens with zero attached hydrogens (tertiary/aromatic N) is 7. The highest BCUT2D eigenvalue weighted by molar-refractivity contribution is 5.91. The summed E-state index contributed by atoms with van der Waals surface area (Å²) in [4.78, 5) is 35.0. The molecule has 0 radical (unpaired) electrons. The standard InChI is InChI=1S/C33H38FN9O4/c1-22-28(24-17-36-31(37-18-24)41-12-9-33(10-13-41)20-46-21-33)40-43(25-6-4-3-5-7-25)30(22)39-32(44)38-26-19-42(14-15-45-2)47-29(26)23-8-11-35-27(34)16-23/h3-8,11,16-18,26,29H,9-10,12-15,19-21H2,1-2H3,(H2,38,39,44)/t26-,29+/m1/s1. The number of hydrogen-bond donors (Lipinski definition) is 2. The summed E-state index contributed by atoms with van der Waals surface area (Å²) in [6.45, 7) is 6.72. The van der Waals surface area contributed by atoms with Crippen LogP contribution in [0.2, 0.25) is 0 Å². The molecule has 1 aromatic carbocycles. The summed E-state index contributed by atoms with van der Waals surface area (Å²) in [7, 11) is 1.61. The number of aromatic nitrogens is 5. The number of para-hydroxylation sites is 1. The summed E-state index contributed by atoms with van der Waals surface area (Å²) in [5.74, 6) is 0.576. The van der Waals surface area contributed by atoms with Crippen LogP contribution in [0.3, 0.4) is 0 Å². The van der Waals surface area contributed by atoms with Gasteiger partial charge in [-0.2, -0.15) is 14.6 Å². The number of rotatable bonds is 9. The summed E-state index contributed by atoms with van der Waals surface area (Å²) in [5.41, 5.74) is 3.82. The molecule has 246 valence electrons. The lowest BCUT2D eigenvalue weighted by molar-refractivity contribution is -0.154. The first-order valence-electron chi connectivity index (χ1n) is 15.8. The topological polar surface area (TPSA) is 132 Å². The second-order valence-electron chi connectivity index (χ2n) is 12.3. The van der Waals surface area contributed by atoms with Crippen LogP contribution in [0.4, 0.5) is 21.0 Å². The highest BCUT2D eigenvalue weighted by Gasteiger charge is 2.41. The highest BCUT2D eigenvalue weighted by atomic mass is 19.1. The number of pyridine rings is 1. The van der Waals surface area contributed by atoms with E-state index in [4.69, 9.17) is 29.4 Å². The molecule has 7 rings (SSSR count). The van der Waals surface area contributed by atoms with Crippen LogP contribution < -0.4 is 15.5 Å². The fourth-order valence-corrected chi connectivity index (χ4v) is 6.39. The number of anilines is 2. The first kappa shape index (κ1) is 31.1. The van der Waals surface area contributed by atoms with Crippen LogP contribution in [-0.4, -0.2) is 95.0 Å². The van der Waals surface area contributed by atoms with Gasteiger partial charge in [-0.05, 0) is 49.6 Å². The Bertz CT molecular complexity index is 1690. The number of ether oxygens (including phenoxy) is 2. The van der Waals surface area contributed by atoms with Crippen molar-refractivity contribution in [3.05, 3.63) is 78.1 Å². The zero-order chi connectivity index (χ0) is 32.4. The predicted octanol–water partition coefficient (Wildman–Crippen LogP) is 3.91. The van der Waals surface area contributed by atoms with Gasteiger partial charge in [0.15, 0.2) is 0 Å². The molecular formula is C33H38FN9O4. The van der Waals surface area contributed by atoms with E-state index in [1.807, 2.05) is 37.3 Å². The van der Waals surface area contributed by atoms with Crippen LogP contribution in [0.15, 0.2) is 61.1 Å². The minimum absolute atomic E-state index is 0.333. The average Bonchev–Trinajstić information content (AvgIpc) is 3.63. The Labute approximate surface area is 272 Å². The third-order valence-electron chi connectivity index (χ3n) is 9.16. The molecule has 3 aliphatic heterocycles. The van der Waals surface area contributed by atoms with Gasteiger partial charge in [-0.3, -0.25) is 10.2 Å². The molecule has 0 aliphatic carbocycles. The fraction of sp³-hybridized carbons (Fsp3) is 0.424. The number of hydrogen-bond acceptors (Lipinski definition) is 10. The van der Waals surface area contributed by atoms with E-state index in [1.54, 1.807) is 35.3 Å². The molecule has 14 heteroatoms. The van der Waals surface area contributed by atoms with Gasteiger partial charge in [-0.1, -0.05) is 18.2 Å². The molecule has 1 spiro atoms. The van der Waals surface area contributed by atoms with E-state index in [0.29, 0.717) is 48.1 Å². The van der Waals surface area contributed by atoms with Crippen LogP contribution in [0.25, 0.3) is 16.9 Å². The summed E-state index contributed by atoms with van der Waals surface area (Å²) < 4.78 is 26.4. The maximum Gasteiger partial charge on any atom is 0.320 e. The molecule has 3 aromatic heterocycles. The molecule has 2 N–H and O–H groups in total. The molecule has 0 bridgehead atoms. The molecule has 3 aliphatic rings. The number of halogens is 1. The summed E-state index contributed by atoms with van der Waals surface area (Å²) in [6.07, 6.45) is 6.50. The lowest BCUT2D eigenvalue weighted by Gasteiger charge is -2.47. The molecule has 2 amide bonds. The smallest absolute Gasteiger partial charge is 0.320 e. The largest absolute Gasteiger partial charge is 0.383 e. The van der Waals surface area contributed by atoms with Gasteiger partial charge in [-0.25, -0.2) is 24.4 Å². The number of amides is 2. The van der Waals surface area contributed by atoms with Crippen molar-refractivity contribution < 1.29 is 23.5 Å². The SMILES string of the molecule is COCCN1C[C@@H](NC(=O)Nc2c(C)c(-c3cnc(N4CCC5(CC4)COC5)nc3)nn2-c2ccccc2)[C@H](c2ccnc(F)c2)O1. The van der Waals surface area contributed by atoms with Crippen LogP contribution in [0, 0.1) is 18.3 Å². The zero-order valence-corrected chi connectivity index (χ0v) is 26.4. The zero-order valence-electron chi connectivity index (χ0n) is 26.4. The molecule has 0 saturated carbocycles. The van der Waals surface area contributed by atoms with Crippen molar-refractivity contribution in [2.24, 2.45) is 5.41 Å². The maximum atomic E-state index is 14.0. The van der Waals surface area contributed by atoms with Crippen molar-refractivity contribution in [3.63, 3.8) is 0 Å². The number of nitrogens with one attached hydrogen (secondary N) is 2. The van der Waals surface area contributed by atoms with Crippen LogP contribution in [-0.2, 0) is 14.3 Å². The van der Waals surface area contributed by atoms with Gasteiger partial charge in [0.05, 0.1) is 31.5 Å². The quantitative estimate of drug-likeness (QED) is 0.259. The molecule has 3 saturated heterocycles. The van der Waals surface area contributed by atoms with Crippen molar-refractivity contribution in [1.29, 1.82) is 0 Å². The molecule has 3 fully saturated rings. The van der Waals surface area contributed by atoms with E-state index in [2.05, 4.69) is 20.5 Å². The Kier molecular flexibility index (Phi) is 8.82. The van der Waals surface area contributed by atoms with Gasteiger partial charge < -0.3 is 19.7 Å². The number of urea groups is 1. The van der Waals surface area contributed by atoms with Gasteiger partial charge in [0.2, 0.25) is 11.9 Å². The summed E-state index contributed by atoms with van der Waals surface area (Å²) >= 11 is 0. The fourth-order valence-electron chi connectivity index (χ4n) is 6.39. The predicted molar refractivity (Wildman–Crippen MR) is 171 cm³/mol. The van der Waals surface area contributed by atoms with Crippen molar-refractivity contribution in [1.82, 2.24) is 35.1 Å². The van der Waals surface area contributed by atoms with Crippen LogP contribution in [0.5, 0.6) is 0 Å². The lowest BCUT2D eigenvalue weighted by atomic mass is 9.77. The number of carbonyl (C=O) groups is 1. The van der Waals surface area contributed by atoms with E-state index >= 15 is 0 Å². The lowest BCUT2D eigenvalue weighted by Crippen LogP contribution is -2.51. The third kappa shape index (κ3) is 6.54.